The highest BCUT2D eigenvalue weighted by Crippen LogP contribution is 2.25. The van der Waals surface area contributed by atoms with Crippen LogP contribution in [0.3, 0.4) is 0 Å². The van der Waals surface area contributed by atoms with E-state index >= 15 is 0 Å². The summed E-state index contributed by atoms with van der Waals surface area (Å²) in [6.07, 6.45) is 0. The summed E-state index contributed by atoms with van der Waals surface area (Å²) < 4.78 is 4.81. The minimum absolute atomic E-state index is 0.226. The van der Waals surface area contributed by atoms with E-state index in [-0.39, 0.29) is 11.4 Å². The van der Waals surface area contributed by atoms with Gasteiger partial charge in [-0.25, -0.2) is 4.79 Å². The maximum atomic E-state index is 11.4. The zero-order chi connectivity index (χ0) is 13.1. The summed E-state index contributed by atoms with van der Waals surface area (Å²) in [5, 5.41) is 17.6. The van der Waals surface area contributed by atoms with Crippen molar-refractivity contribution in [1.29, 1.82) is 0 Å². The van der Waals surface area contributed by atoms with Gasteiger partial charge in [-0.1, -0.05) is 11.6 Å². The second-order valence-electron chi connectivity index (χ2n) is 3.55. The van der Waals surface area contributed by atoms with Crippen molar-refractivity contribution in [2.24, 2.45) is 10.2 Å². The van der Waals surface area contributed by atoms with Gasteiger partial charge in [0.05, 0.1) is 5.69 Å². The van der Waals surface area contributed by atoms with E-state index in [1.165, 1.54) is 6.07 Å². The van der Waals surface area contributed by atoms with Crippen LogP contribution in [0.15, 0.2) is 49.8 Å². The summed E-state index contributed by atoms with van der Waals surface area (Å²) in [7, 11) is 0. The minimum Gasteiger partial charge on any atom is -0.505 e. The van der Waals surface area contributed by atoms with Crippen molar-refractivity contribution in [3.8, 4) is 5.75 Å². The number of hydrogen-bond donors (Lipinski definition) is 1. The highest BCUT2D eigenvalue weighted by Gasteiger charge is 2.08. The third-order valence-corrected chi connectivity index (χ3v) is 2.37. The average Bonchev–Trinajstić information content (AvgIpc) is 2.30. The molecular weight excluding hydrogens is 256 g/mol. The second-order valence-corrected chi connectivity index (χ2v) is 3.99. The molecule has 6 heteroatoms. The first-order chi connectivity index (χ1) is 8.56. The molecule has 1 N–H and O–H groups in total. The van der Waals surface area contributed by atoms with Gasteiger partial charge in [-0.15, -0.1) is 5.11 Å². The normalized spacial score (nSPS) is 11.0. The lowest BCUT2D eigenvalue weighted by Gasteiger charge is -1.97. The van der Waals surface area contributed by atoms with Crippen LogP contribution < -0.4 is 5.63 Å². The van der Waals surface area contributed by atoms with Crippen molar-refractivity contribution in [3.05, 3.63) is 51.5 Å². The maximum absolute atomic E-state index is 11.4. The summed E-state index contributed by atoms with van der Waals surface area (Å²) in [6, 6.07) is 7.87. The molecule has 0 aliphatic rings. The molecule has 1 aromatic carbocycles. The summed E-state index contributed by atoms with van der Waals surface area (Å²) in [5.74, 6) is 0.0457. The lowest BCUT2D eigenvalue weighted by molar-refractivity contribution is 0.437. The Labute approximate surface area is 107 Å². The summed E-state index contributed by atoms with van der Waals surface area (Å²) >= 11 is 5.72. The fourth-order valence-corrected chi connectivity index (χ4v) is 1.42. The molecule has 92 valence electrons. The number of aryl methyl sites for hydroxylation is 1. The monoisotopic (exact) mass is 264 g/mol. The Kier molecular flexibility index (Phi) is 3.43. The molecule has 0 atom stereocenters. The molecule has 0 fully saturated rings. The number of benzene rings is 1. The van der Waals surface area contributed by atoms with Gasteiger partial charge in [-0.3, -0.25) is 0 Å². The molecule has 2 rings (SSSR count). The lowest BCUT2D eigenvalue weighted by Crippen LogP contribution is -1.98. The molecule has 0 bridgehead atoms. The first-order valence-electron chi connectivity index (χ1n) is 5.07. The highest BCUT2D eigenvalue weighted by atomic mass is 35.5. The smallest absolute Gasteiger partial charge is 0.367 e. The fourth-order valence-electron chi connectivity index (χ4n) is 1.30. The van der Waals surface area contributed by atoms with Gasteiger partial charge in [0.2, 0.25) is 5.69 Å². The Balaban J connectivity index is 2.35. The molecule has 0 aliphatic heterocycles. The molecule has 18 heavy (non-hydrogen) atoms. The van der Waals surface area contributed by atoms with E-state index in [1.807, 2.05) is 0 Å². The van der Waals surface area contributed by atoms with E-state index in [4.69, 9.17) is 16.0 Å². The minimum atomic E-state index is -0.731. The SMILES string of the molecule is Cc1cc(O)c(N=Nc2ccc(Cl)cc2)c(=O)o1. The number of nitrogens with zero attached hydrogens (tertiary/aromatic N) is 2. The number of halogens is 1. The molecule has 5 nitrogen and oxygen atoms in total. The molecule has 0 unspecified atom stereocenters. The van der Waals surface area contributed by atoms with Crippen molar-refractivity contribution in [2.75, 3.05) is 0 Å². The van der Waals surface area contributed by atoms with Gasteiger partial charge in [0.25, 0.3) is 0 Å². The Hall–Kier alpha value is -2.14. The molecule has 0 aliphatic carbocycles. The number of aromatic hydroxyl groups is 1. The van der Waals surface area contributed by atoms with E-state index in [0.717, 1.165) is 0 Å². The number of hydrogen-bond acceptors (Lipinski definition) is 5. The van der Waals surface area contributed by atoms with Crippen LogP contribution in [0, 0.1) is 6.92 Å². The third-order valence-electron chi connectivity index (χ3n) is 2.12. The summed E-state index contributed by atoms with van der Waals surface area (Å²) in [6.45, 7) is 1.56. The van der Waals surface area contributed by atoms with Gasteiger partial charge in [-0.05, 0) is 31.2 Å². The van der Waals surface area contributed by atoms with Gasteiger partial charge < -0.3 is 9.52 Å². The van der Waals surface area contributed by atoms with Crippen LogP contribution in [-0.4, -0.2) is 5.11 Å². The Morgan fingerprint density at radius 1 is 1.22 bits per heavy atom. The molecule has 1 heterocycles. The van der Waals surface area contributed by atoms with Gasteiger partial charge in [0.1, 0.15) is 5.76 Å². The van der Waals surface area contributed by atoms with Gasteiger partial charge in [0, 0.05) is 11.1 Å². The van der Waals surface area contributed by atoms with Crippen molar-refractivity contribution in [2.45, 2.75) is 6.92 Å². The zero-order valence-corrected chi connectivity index (χ0v) is 10.2. The molecule has 0 saturated carbocycles. The fraction of sp³-hybridized carbons (Fsp3) is 0.0833. The van der Waals surface area contributed by atoms with Crippen LogP contribution in [0.25, 0.3) is 0 Å². The standard InChI is InChI=1S/C12H9ClN2O3/c1-7-6-10(16)11(12(17)18-7)15-14-9-4-2-8(13)3-5-9/h2-6,16H,1H3. The van der Waals surface area contributed by atoms with Crippen LogP contribution in [0.5, 0.6) is 5.75 Å². The van der Waals surface area contributed by atoms with E-state index in [1.54, 1.807) is 31.2 Å². The van der Waals surface area contributed by atoms with Crippen molar-refractivity contribution < 1.29 is 9.52 Å². The van der Waals surface area contributed by atoms with E-state index in [0.29, 0.717) is 16.5 Å². The van der Waals surface area contributed by atoms with Gasteiger partial charge >= 0.3 is 5.63 Å². The first kappa shape index (κ1) is 12.3. The van der Waals surface area contributed by atoms with Gasteiger partial charge in [0.15, 0.2) is 5.75 Å². The lowest BCUT2D eigenvalue weighted by atomic mass is 10.3. The van der Waals surface area contributed by atoms with Crippen molar-refractivity contribution >= 4 is 23.0 Å². The van der Waals surface area contributed by atoms with Crippen LogP contribution >= 0.6 is 11.6 Å². The van der Waals surface area contributed by atoms with Crippen LogP contribution in [0.2, 0.25) is 5.02 Å². The summed E-state index contributed by atoms with van der Waals surface area (Å²) in [5.41, 5.74) is -0.445. The molecule has 0 amide bonds. The van der Waals surface area contributed by atoms with Crippen LogP contribution in [-0.2, 0) is 0 Å². The highest BCUT2D eigenvalue weighted by molar-refractivity contribution is 6.30. The van der Waals surface area contributed by atoms with E-state index in [2.05, 4.69) is 10.2 Å². The Morgan fingerprint density at radius 3 is 2.50 bits per heavy atom. The van der Waals surface area contributed by atoms with Crippen molar-refractivity contribution in [1.82, 2.24) is 0 Å². The van der Waals surface area contributed by atoms with Crippen molar-refractivity contribution in [3.63, 3.8) is 0 Å². The zero-order valence-electron chi connectivity index (χ0n) is 9.42. The first-order valence-corrected chi connectivity index (χ1v) is 5.45. The van der Waals surface area contributed by atoms with E-state index < -0.39 is 5.63 Å². The molecule has 2 aromatic rings. The Morgan fingerprint density at radius 2 is 1.89 bits per heavy atom. The van der Waals surface area contributed by atoms with Crippen LogP contribution in [0.1, 0.15) is 5.76 Å². The number of azo groups is 1. The topological polar surface area (TPSA) is 75.2 Å². The van der Waals surface area contributed by atoms with E-state index in [9.17, 15) is 9.90 Å². The summed E-state index contributed by atoms with van der Waals surface area (Å²) in [4.78, 5) is 11.4. The van der Waals surface area contributed by atoms with Crippen LogP contribution in [0.4, 0.5) is 11.4 Å². The molecule has 0 radical (unpaired) electrons. The predicted molar refractivity (Wildman–Crippen MR) is 67.0 cm³/mol. The van der Waals surface area contributed by atoms with Gasteiger partial charge in [-0.2, -0.15) is 5.11 Å². The third kappa shape index (κ3) is 2.75. The maximum Gasteiger partial charge on any atom is 0.367 e. The second kappa shape index (κ2) is 5.01. The predicted octanol–water partition coefficient (Wildman–Crippen LogP) is 3.72. The number of rotatable bonds is 2. The average molecular weight is 265 g/mol. The quantitative estimate of drug-likeness (QED) is 0.840. The molecule has 0 spiro atoms. The molecule has 1 aromatic heterocycles. The Bertz CT molecular complexity index is 647. The molecule has 0 saturated heterocycles. The molecular formula is C12H9ClN2O3. The largest absolute Gasteiger partial charge is 0.505 e.